The van der Waals surface area contributed by atoms with Crippen LogP contribution in [-0.4, -0.2) is 29.0 Å². The van der Waals surface area contributed by atoms with E-state index in [0.29, 0.717) is 22.7 Å². The van der Waals surface area contributed by atoms with Gasteiger partial charge in [-0.1, -0.05) is 42.5 Å². The first kappa shape index (κ1) is 18.0. The number of hydrazone groups is 1. The summed E-state index contributed by atoms with van der Waals surface area (Å²) >= 11 is 0. The van der Waals surface area contributed by atoms with Gasteiger partial charge in [-0.3, -0.25) is 5.43 Å². The van der Waals surface area contributed by atoms with Gasteiger partial charge in [0.15, 0.2) is 0 Å². The molecular weight excluding hydrogens is 344 g/mol. The van der Waals surface area contributed by atoms with E-state index in [1.807, 2.05) is 30.3 Å². The molecule has 0 aromatic heterocycles. The molecule has 3 aromatic carbocycles. The average molecular weight is 362 g/mol. The molecule has 0 bridgehead atoms. The quantitative estimate of drug-likeness (QED) is 0.456. The van der Waals surface area contributed by atoms with Crippen LogP contribution in [0.1, 0.15) is 21.5 Å². The van der Waals surface area contributed by atoms with Gasteiger partial charge in [0.05, 0.1) is 18.4 Å². The molecule has 0 aliphatic rings. The summed E-state index contributed by atoms with van der Waals surface area (Å²) in [5, 5.41) is 24.1. The van der Waals surface area contributed by atoms with Gasteiger partial charge in [0.25, 0.3) is 0 Å². The number of rotatable bonds is 6. The first-order chi connectivity index (χ1) is 13.1. The van der Waals surface area contributed by atoms with Crippen molar-refractivity contribution >= 4 is 17.4 Å². The molecule has 3 N–H and O–H groups in total. The van der Waals surface area contributed by atoms with Crippen LogP contribution in [-0.2, 0) is 0 Å². The Kier molecular flexibility index (Phi) is 5.37. The smallest absolute Gasteiger partial charge is 0.337 e. The number of carboxylic acids is 1. The van der Waals surface area contributed by atoms with E-state index in [0.717, 1.165) is 5.56 Å². The molecule has 136 valence electrons. The maximum absolute atomic E-state index is 11.4. The topological polar surface area (TPSA) is 91.2 Å². The van der Waals surface area contributed by atoms with Crippen LogP contribution in [0, 0.1) is 0 Å². The van der Waals surface area contributed by atoms with E-state index >= 15 is 0 Å². The number of para-hydroxylation sites is 1. The minimum absolute atomic E-state index is 0.00488. The molecule has 0 heterocycles. The molecule has 6 nitrogen and oxygen atoms in total. The van der Waals surface area contributed by atoms with E-state index in [2.05, 4.69) is 10.5 Å². The number of nitrogens with zero attached hydrogens (tertiary/aromatic N) is 1. The average Bonchev–Trinajstić information content (AvgIpc) is 2.70. The van der Waals surface area contributed by atoms with Crippen LogP contribution in [0.25, 0.3) is 0 Å². The van der Waals surface area contributed by atoms with Gasteiger partial charge in [-0.05, 0) is 24.3 Å². The molecule has 0 aliphatic carbocycles. The van der Waals surface area contributed by atoms with E-state index in [1.165, 1.54) is 19.2 Å². The highest BCUT2D eigenvalue weighted by Gasteiger charge is 2.14. The number of nitrogens with one attached hydrogen (secondary N) is 1. The van der Waals surface area contributed by atoms with E-state index in [-0.39, 0.29) is 11.3 Å². The number of carbonyl (C=O) groups is 1. The summed E-state index contributed by atoms with van der Waals surface area (Å²) in [6, 6.07) is 20.7. The van der Waals surface area contributed by atoms with Crippen LogP contribution in [0.4, 0.5) is 5.69 Å². The third-order valence-electron chi connectivity index (χ3n) is 3.95. The summed E-state index contributed by atoms with van der Waals surface area (Å²) in [4.78, 5) is 11.4. The predicted molar refractivity (Wildman–Crippen MR) is 104 cm³/mol. The first-order valence-electron chi connectivity index (χ1n) is 8.19. The molecule has 0 aliphatic heterocycles. The molecule has 6 heteroatoms. The molecule has 0 amide bonds. The Morgan fingerprint density at radius 3 is 2.33 bits per heavy atom. The summed E-state index contributed by atoms with van der Waals surface area (Å²) in [7, 11) is 1.52. The number of carboxylic acid groups (broad SMARTS) is 1. The lowest BCUT2D eigenvalue weighted by Gasteiger charge is -2.12. The number of benzene rings is 3. The van der Waals surface area contributed by atoms with Crippen molar-refractivity contribution in [3.8, 4) is 11.5 Å². The largest absolute Gasteiger partial charge is 0.507 e. The minimum Gasteiger partial charge on any atom is -0.507 e. The van der Waals surface area contributed by atoms with Crippen molar-refractivity contribution in [3.63, 3.8) is 0 Å². The van der Waals surface area contributed by atoms with Crippen LogP contribution in [0.5, 0.6) is 11.5 Å². The summed E-state index contributed by atoms with van der Waals surface area (Å²) in [5.74, 6) is -0.528. The zero-order chi connectivity index (χ0) is 19.2. The van der Waals surface area contributed by atoms with Gasteiger partial charge in [-0.25, -0.2) is 4.79 Å². The van der Waals surface area contributed by atoms with Crippen LogP contribution >= 0.6 is 0 Å². The van der Waals surface area contributed by atoms with Crippen molar-refractivity contribution in [2.75, 3.05) is 12.5 Å². The molecule has 0 saturated heterocycles. The van der Waals surface area contributed by atoms with Crippen LogP contribution in [0.3, 0.4) is 0 Å². The van der Waals surface area contributed by atoms with Gasteiger partial charge in [-0.2, -0.15) is 5.10 Å². The van der Waals surface area contributed by atoms with Crippen molar-refractivity contribution in [2.24, 2.45) is 5.10 Å². The number of aromatic carboxylic acids is 1. The fourth-order valence-corrected chi connectivity index (χ4v) is 2.60. The number of phenols is 1. The Bertz CT molecular complexity index is 984. The maximum Gasteiger partial charge on any atom is 0.337 e. The van der Waals surface area contributed by atoms with E-state index < -0.39 is 5.97 Å². The molecule has 3 rings (SSSR count). The zero-order valence-electron chi connectivity index (χ0n) is 14.6. The molecule has 0 fully saturated rings. The van der Waals surface area contributed by atoms with Crippen molar-refractivity contribution in [2.45, 2.75) is 0 Å². The Hall–Kier alpha value is -3.80. The van der Waals surface area contributed by atoms with Gasteiger partial charge in [0, 0.05) is 17.2 Å². The lowest BCUT2D eigenvalue weighted by atomic mass is 10.0. The van der Waals surface area contributed by atoms with E-state index in [4.69, 9.17) is 4.74 Å². The highest BCUT2D eigenvalue weighted by molar-refractivity contribution is 6.14. The Labute approximate surface area is 156 Å². The zero-order valence-corrected chi connectivity index (χ0v) is 14.6. The van der Waals surface area contributed by atoms with E-state index in [9.17, 15) is 15.0 Å². The number of aromatic hydroxyl groups is 1. The summed E-state index contributed by atoms with van der Waals surface area (Å²) in [6.45, 7) is 0. The lowest BCUT2D eigenvalue weighted by Crippen LogP contribution is -2.09. The number of anilines is 1. The van der Waals surface area contributed by atoms with Crippen LogP contribution in [0.2, 0.25) is 0 Å². The number of ether oxygens (including phenoxy) is 1. The predicted octanol–water partition coefficient (Wildman–Crippen LogP) is 3.96. The molecule has 0 spiro atoms. The standard InChI is InChI=1S/C21H18N2O4/c1-27-15-11-12-17(19(24)13-15)20(14-7-3-2-4-8-14)23-22-18-10-6-5-9-16(18)21(25)26/h2-13,22,24H,1H3,(H,25,26)/b23-20+. The number of phenolic OH excluding ortho intramolecular Hbond substituents is 1. The Morgan fingerprint density at radius 2 is 1.67 bits per heavy atom. The maximum atomic E-state index is 11.4. The minimum atomic E-state index is -1.05. The van der Waals surface area contributed by atoms with Gasteiger partial charge < -0.3 is 14.9 Å². The molecular formula is C21H18N2O4. The number of hydrogen-bond donors (Lipinski definition) is 3. The summed E-state index contributed by atoms with van der Waals surface area (Å²) in [6.07, 6.45) is 0. The second-order valence-corrected chi connectivity index (χ2v) is 5.67. The lowest BCUT2D eigenvalue weighted by molar-refractivity contribution is 0.0698. The SMILES string of the molecule is COc1ccc(/C(=N/Nc2ccccc2C(=O)O)c2ccccc2)c(O)c1. The van der Waals surface area contributed by atoms with Crippen molar-refractivity contribution < 1.29 is 19.7 Å². The molecule has 0 unspecified atom stereocenters. The van der Waals surface area contributed by atoms with Crippen LogP contribution in [0.15, 0.2) is 77.9 Å². The Morgan fingerprint density at radius 1 is 0.963 bits per heavy atom. The third kappa shape index (κ3) is 4.07. The van der Waals surface area contributed by atoms with Gasteiger partial charge in [0.1, 0.15) is 17.2 Å². The molecule has 0 saturated carbocycles. The normalized spacial score (nSPS) is 11.1. The first-order valence-corrected chi connectivity index (χ1v) is 8.19. The monoisotopic (exact) mass is 362 g/mol. The second-order valence-electron chi connectivity index (χ2n) is 5.67. The second kappa shape index (κ2) is 8.05. The molecule has 0 atom stereocenters. The van der Waals surface area contributed by atoms with Crippen molar-refractivity contribution in [1.29, 1.82) is 0 Å². The third-order valence-corrected chi connectivity index (χ3v) is 3.95. The summed E-state index contributed by atoms with van der Waals surface area (Å²) < 4.78 is 5.13. The summed E-state index contributed by atoms with van der Waals surface area (Å²) in [5.41, 5.74) is 4.99. The van der Waals surface area contributed by atoms with Gasteiger partial charge in [0.2, 0.25) is 0 Å². The Balaban J connectivity index is 2.06. The fourth-order valence-electron chi connectivity index (χ4n) is 2.60. The van der Waals surface area contributed by atoms with Crippen molar-refractivity contribution in [3.05, 3.63) is 89.5 Å². The van der Waals surface area contributed by atoms with Gasteiger partial charge in [-0.15, -0.1) is 0 Å². The molecule has 3 aromatic rings. The van der Waals surface area contributed by atoms with E-state index in [1.54, 1.807) is 30.3 Å². The highest BCUT2D eigenvalue weighted by Crippen LogP contribution is 2.26. The number of methoxy groups -OCH3 is 1. The van der Waals surface area contributed by atoms with Crippen molar-refractivity contribution in [1.82, 2.24) is 0 Å². The fraction of sp³-hybridized carbons (Fsp3) is 0.0476. The molecule has 27 heavy (non-hydrogen) atoms. The van der Waals surface area contributed by atoms with Crippen LogP contribution < -0.4 is 10.2 Å². The van der Waals surface area contributed by atoms with Gasteiger partial charge >= 0.3 is 5.97 Å². The number of hydrogen-bond acceptors (Lipinski definition) is 5. The molecule has 0 radical (unpaired) electrons. The highest BCUT2D eigenvalue weighted by atomic mass is 16.5.